The van der Waals surface area contributed by atoms with Crippen LogP contribution >= 0.6 is 0 Å². The number of nitrogens with one attached hydrogen (secondary N) is 2. The highest BCUT2D eigenvalue weighted by Gasteiger charge is 2.19. The van der Waals surface area contributed by atoms with Crippen molar-refractivity contribution < 1.29 is 18.7 Å². The Labute approximate surface area is 154 Å². The van der Waals surface area contributed by atoms with Crippen molar-refractivity contribution in [3.63, 3.8) is 0 Å². The lowest BCUT2D eigenvalue weighted by atomic mass is 10.1. The molecule has 0 aliphatic rings. The fourth-order valence-electron chi connectivity index (χ4n) is 2.65. The molecule has 2 aromatic carbocycles. The summed E-state index contributed by atoms with van der Waals surface area (Å²) in [6.45, 7) is 2.99. The lowest BCUT2D eigenvalue weighted by Gasteiger charge is -2.16. The van der Waals surface area contributed by atoms with Gasteiger partial charge in [-0.05, 0) is 38.1 Å². The Morgan fingerprint density at radius 2 is 1.96 bits per heavy atom. The van der Waals surface area contributed by atoms with Gasteiger partial charge in [-0.15, -0.1) is 0 Å². The predicted molar refractivity (Wildman–Crippen MR) is 101 cm³/mol. The van der Waals surface area contributed by atoms with Gasteiger partial charge in [0, 0.05) is 17.0 Å². The molecule has 0 saturated carbocycles. The molecule has 0 aliphatic heterocycles. The summed E-state index contributed by atoms with van der Waals surface area (Å²) in [6.07, 6.45) is 3.01. The number of carbonyl (C=O) groups excluding carboxylic acids is 1. The van der Waals surface area contributed by atoms with E-state index >= 15 is 0 Å². The number of aliphatic hydroxyl groups is 1. The summed E-state index contributed by atoms with van der Waals surface area (Å²) in [5, 5.41) is 19.6. The van der Waals surface area contributed by atoms with Crippen LogP contribution in [0.2, 0.25) is 0 Å². The van der Waals surface area contributed by atoms with Gasteiger partial charge in [0.15, 0.2) is 0 Å². The van der Waals surface area contributed by atoms with Crippen molar-refractivity contribution in [1.82, 2.24) is 10.2 Å². The fraction of sp³-hybridized carbons (Fsp3) is 0.200. The fourth-order valence-corrected chi connectivity index (χ4v) is 2.65. The first-order valence-electron chi connectivity index (χ1n) is 8.35. The van der Waals surface area contributed by atoms with Crippen molar-refractivity contribution in [2.24, 2.45) is 0 Å². The Bertz CT molecular complexity index is 1020. The van der Waals surface area contributed by atoms with Gasteiger partial charge in [-0.1, -0.05) is 18.2 Å². The molecule has 0 atom stereocenters. The summed E-state index contributed by atoms with van der Waals surface area (Å²) < 4.78 is 28.0. The number of hydrogen-bond acceptors (Lipinski definition) is 3. The molecule has 0 fully saturated rings. The zero-order valence-electron chi connectivity index (χ0n) is 14.9. The number of aromatic amines is 1. The molecule has 3 aromatic rings. The molecule has 1 heterocycles. The summed E-state index contributed by atoms with van der Waals surface area (Å²) in [7, 11) is 0. The van der Waals surface area contributed by atoms with E-state index in [9.17, 15) is 18.7 Å². The molecular weight excluding hydrogens is 352 g/mol. The van der Waals surface area contributed by atoms with E-state index in [0.717, 1.165) is 0 Å². The molecule has 0 spiro atoms. The van der Waals surface area contributed by atoms with E-state index in [-0.39, 0.29) is 17.9 Å². The first kappa shape index (κ1) is 18.7. The third-order valence-electron chi connectivity index (χ3n) is 3.87. The zero-order valence-corrected chi connectivity index (χ0v) is 14.9. The molecule has 0 radical (unpaired) electrons. The topological polar surface area (TPSA) is 78.0 Å². The lowest BCUT2D eigenvalue weighted by Crippen LogP contribution is -2.27. The highest BCUT2D eigenvalue weighted by Crippen LogP contribution is 2.26. The van der Waals surface area contributed by atoms with Gasteiger partial charge < -0.3 is 10.4 Å². The Kier molecular flexibility index (Phi) is 5.05. The molecule has 1 aromatic heterocycles. The maximum atomic E-state index is 14.2. The molecule has 5 nitrogen and oxygen atoms in total. The zero-order chi connectivity index (χ0) is 19.6. The van der Waals surface area contributed by atoms with Crippen LogP contribution in [0.5, 0.6) is 0 Å². The molecule has 7 heteroatoms. The summed E-state index contributed by atoms with van der Waals surface area (Å²) in [5.41, 5.74) is 0.106. The maximum absolute atomic E-state index is 14.2. The van der Waals surface area contributed by atoms with Crippen LogP contribution in [0.15, 0.2) is 36.4 Å². The molecule has 27 heavy (non-hydrogen) atoms. The third kappa shape index (κ3) is 4.57. The number of aromatic nitrogens is 2. The third-order valence-corrected chi connectivity index (χ3v) is 3.87. The van der Waals surface area contributed by atoms with Gasteiger partial charge in [0.1, 0.15) is 11.6 Å². The Morgan fingerprint density at radius 3 is 2.67 bits per heavy atom. The van der Waals surface area contributed by atoms with Crippen molar-refractivity contribution in [3.8, 4) is 0 Å². The second-order valence-electron chi connectivity index (χ2n) is 6.88. The van der Waals surface area contributed by atoms with Gasteiger partial charge in [0.2, 0.25) is 5.91 Å². The number of benzene rings is 2. The summed E-state index contributed by atoms with van der Waals surface area (Å²) in [6, 6.07) is 8.98. The lowest BCUT2D eigenvalue weighted by molar-refractivity contribution is -0.119. The van der Waals surface area contributed by atoms with Crippen LogP contribution in [0.25, 0.3) is 23.1 Å². The van der Waals surface area contributed by atoms with Crippen molar-refractivity contribution in [1.29, 1.82) is 0 Å². The average molecular weight is 371 g/mol. The van der Waals surface area contributed by atoms with Gasteiger partial charge in [0.25, 0.3) is 0 Å². The van der Waals surface area contributed by atoms with Crippen molar-refractivity contribution in [3.05, 3.63) is 59.3 Å². The van der Waals surface area contributed by atoms with E-state index in [2.05, 4.69) is 15.5 Å². The minimum absolute atomic E-state index is 0.0151. The van der Waals surface area contributed by atoms with Crippen molar-refractivity contribution >= 4 is 34.6 Å². The highest BCUT2D eigenvalue weighted by molar-refractivity contribution is 5.96. The molecular formula is C20H19F2N3O2. The Morgan fingerprint density at radius 1 is 1.22 bits per heavy atom. The predicted octanol–water partition coefficient (Wildman–Crippen LogP) is 4.11. The van der Waals surface area contributed by atoms with Gasteiger partial charge in [-0.3, -0.25) is 9.89 Å². The smallest absolute Gasteiger partial charge is 0.227 e. The standard InChI is InChI=1S/C20H19F2N3O2/c1-20(2,27)11-19(26)23-18-9-13-16(24-25-17(13)10-15(18)22)8-7-12-5-3-4-6-14(12)21/h3-10,27H,11H2,1-2H3,(H,23,26)(H,24,25)/b8-7+. The van der Waals surface area contributed by atoms with Gasteiger partial charge >= 0.3 is 0 Å². The summed E-state index contributed by atoms with van der Waals surface area (Å²) in [5.74, 6) is -1.49. The van der Waals surface area contributed by atoms with E-state index in [1.54, 1.807) is 30.4 Å². The number of rotatable bonds is 5. The SMILES string of the molecule is CC(C)(O)CC(=O)Nc1cc2c(/C=C/c3ccccc3F)n[nH]c2cc1F. The van der Waals surface area contributed by atoms with Crippen LogP contribution in [0.1, 0.15) is 31.5 Å². The van der Waals surface area contributed by atoms with E-state index in [0.29, 0.717) is 22.2 Å². The number of hydrogen-bond donors (Lipinski definition) is 3. The first-order chi connectivity index (χ1) is 12.7. The normalized spacial score (nSPS) is 12.0. The van der Waals surface area contributed by atoms with Crippen LogP contribution in [0, 0.1) is 11.6 Å². The number of fused-ring (bicyclic) bond motifs is 1. The number of halogens is 2. The van der Waals surface area contributed by atoms with E-state index in [4.69, 9.17) is 0 Å². The average Bonchev–Trinajstić information content (AvgIpc) is 2.94. The molecule has 0 unspecified atom stereocenters. The monoisotopic (exact) mass is 371 g/mol. The Balaban J connectivity index is 1.90. The van der Waals surface area contributed by atoms with Crippen LogP contribution in [0.4, 0.5) is 14.5 Å². The number of anilines is 1. The van der Waals surface area contributed by atoms with Crippen molar-refractivity contribution in [2.45, 2.75) is 25.9 Å². The molecule has 0 aliphatic carbocycles. The van der Waals surface area contributed by atoms with Crippen LogP contribution in [0.3, 0.4) is 0 Å². The van der Waals surface area contributed by atoms with Gasteiger partial charge in [-0.25, -0.2) is 8.78 Å². The second kappa shape index (κ2) is 7.28. The molecule has 140 valence electrons. The van der Waals surface area contributed by atoms with Gasteiger partial charge in [-0.2, -0.15) is 5.10 Å². The molecule has 3 N–H and O–H groups in total. The molecule has 0 saturated heterocycles. The summed E-state index contributed by atoms with van der Waals surface area (Å²) >= 11 is 0. The van der Waals surface area contributed by atoms with Gasteiger partial charge in [0.05, 0.1) is 28.9 Å². The second-order valence-corrected chi connectivity index (χ2v) is 6.88. The van der Waals surface area contributed by atoms with E-state index in [1.165, 1.54) is 32.0 Å². The summed E-state index contributed by atoms with van der Waals surface area (Å²) in [4.78, 5) is 12.0. The quantitative estimate of drug-likeness (QED) is 0.632. The number of amides is 1. The van der Waals surface area contributed by atoms with Crippen LogP contribution in [-0.4, -0.2) is 26.8 Å². The molecule has 3 rings (SSSR count). The van der Waals surface area contributed by atoms with E-state index < -0.39 is 17.3 Å². The largest absolute Gasteiger partial charge is 0.390 e. The Hall–Kier alpha value is -3.06. The number of H-pyrrole nitrogens is 1. The van der Waals surface area contributed by atoms with Crippen molar-refractivity contribution in [2.75, 3.05) is 5.32 Å². The maximum Gasteiger partial charge on any atom is 0.227 e. The minimum atomic E-state index is -1.20. The molecule has 0 bridgehead atoms. The van der Waals surface area contributed by atoms with Crippen LogP contribution in [-0.2, 0) is 4.79 Å². The van der Waals surface area contributed by atoms with E-state index in [1.807, 2.05) is 0 Å². The molecule has 1 amide bonds. The highest BCUT2D eigenvalue weighted by atomic mass is 19.1. The minimum Gasteiger partial charge on any atom is -0.390 e. The van der Waals surface area contributed by atoms with Crippen LogP contribution < -0.4 is 5.32 Å². The first-order valence-corrected chi connectivity index (χ1v) is 8.35. The number of carbonyl (C=O) groups is 1. The number of nitrogens with zero attached hydrogens (tertiary/aromatic N) is 1.